The van der Waals surface area contributed by atoms with Crippen LogP contribution in [0.2, 0.25) is 0 Å². The largest absolute Gasteiger partial charge is 0.336 e. The number of nitrogens with zero attached hydrogens (tertiary/aromatic N) is 4. The highest BCUT2D eigenvalue weighted by Gasteiger charge is 2.29. The van der Waals surface area contributed by atoms with E-state index in [1.165, 1.54) is 5.56 Å². The molecule has 5 nitrogen and oxygen atoms in total. The first-order valence-electron chi connectivity index (χ1n) is 10.6. The average molecular weight is 383 g/mol. The second-order valence-electron chi connectivity index (χ2n) is 8.19. The van der Waals surface area contributed by atoms with Crippen molar-refractivity contribution in [2.45, 2.75) is 47.5 Å². The summed E-state index contributed by atoms with van der Waals surface area (Å²) in [5, 5.41) is 4.93. The third-order valence-corrected chi connectivity index (χ3v) is 5.59. The van der Waals surface area contributed by atoms with Crippen molar-refractivity contribution in [3.8, 4) is 5.69 Å². The van der Waals surface area contributed by atoms with Crippen molar-refractivity contribution in [2.24, 2.45) is 5.92 Å². The van der Waals surface area contributed by atoms with E-state index in [9.17, 15) is 4.79 Å². The van der Waals surface area contributed by atoms with Gasteiger partial charge in [0.25, 0.3) is 5.91 Å². The monoisotopic (exact) mass is 382 g/mol. The second kappa shape index (κ2) is 8.91. The fourth-order valence-corrected chi connectivity index (χ4v) is 3.93. The van der Waals surface area contributed by atoms with Gasteiger partial charge in [-0.2, -0.15) is 5.10 Å². The Labute approximate surface area is 169 Å². The maximum atomic E-state index is 13.5. The molecule has 2 heterocycles. The normalized spacial score (nSPS) is 15.4. The molecule has 0 aliphatic carbocycles. The van der Waals surface area contributed by atoms with Crippen molar-refractivity contribution >= 4 is 5.91 Å². The Hall–Kier alpha value is -2.14. The van der Waals surface area contributed by atoms with Crippen molar-refractivity contribution in [1.29, 1.82) is 0 Å². The third kappa shape index (κ3) is 4.30. The topological polar surface area (TPSA) is 41.4 Å². The number of benzene rings is 1. The molecule has 5 heteroatoms. The molecule has 0 unspecified atom stereocenters. The zero-order valence-corrected chi connectivity index (χ0v) is 18.0. The molecule has 3 rings (SSSR count). The highest BCUT2D eigenvalue weighted by Crippen LogP contribution is 2.24. The van der Waals surface area contributed by atoms with Crippen LogP contribution in [0.1, 0.15) is 55.0 Å². The van der Waals surface area contributed by atoms with Gasteiger partial charge in [-0.15, -0.1) is 0 Å². The number of piperazine rings is 1. The standard InChI is InChI=1S/C23H34N4O/c1-6-21-22(23(28)26-14-12-25(7-2)13-15-26)20(16-17(3)4)24-27(21)19-10-8-18(5)9-11-19/h8-11,17H,6-7,12-16H2,1-5H3. The summed E-state index contributed by atoms with van der Waals surface area (Å²) < 4.78 is 1.99. The van der Waals surface area contributed by atoms with Gasteiger partial charge in [-0.05, 0) is 44.4 Å². The van der Waals surface area contributed by atoms with Crippen LogP contribution in [-0.2, 0) is 12.8 Å². The van der Waals surface area contributed by atoms with Crippen molar-refractivity contribution in [3.63, 3.8) is 0 Å². The van der Waals surface area contributed by atoms with E-state index >= 15 is 0 Å². The molecule has 1 aromatic heterocycles. The van der Waals surface area contributed by atoms with Gasteiger partial charge in [0.2, 0.25) is 0 Å². The van der Waals surface area contributed by atoms with E-state index in [0.29, 0.717) is 5.92 Å². The fourth-order valence-electron chi connectivity index (χ4n) is 3.93. The molecule has 0 bridgehead atoms. The van der Waals surface area contributed by atoms with E-state index in [0.717, 1.165) is 68.2 Å². The lowest BCUT2D eigenvalue weighted by molar-refractivity contribution is 0.0641. The molecule has 0 spiro atoms. The number of likely N-dealkylation sites (N-methyl/N-ethyl adjacent to an activating group) is 1. The zero-order chi connectivity index (χ0) is 20.3. The molecule has 0 N–H and O–H groups in total. The Morgan fingerprint density at radius 1 is 1.07 bits per heavy atom. The molecular weight excluding hydrogens is 348 g/mol. The summed E-state index contributed by atoms with van der Waals surface area (Å²) in [4.78, 5) is 17.9. The molecule has 1 amide bonds. The minimum absolute atomic E-state index is 0.154. The van der Waals surface area contributed by atoms with Crippen molar-refractivity contribution in [3.05, 3.63) is 46.8 Å². The number of hydrogen-bond acceptors (Lipinski definition) is 3. The number of hydrogen-bond donors (Lipinski definition) is 0. The van der Waals surface area contributed by atoms with E-state index in [2.05, 4.69) is 63.8 Å². The van der Waals surface area contributed by atoms with Crippen LogP contribution >= 0.6 is 0 Å². The van der Waals surface area contributed by atoms with E-state index in [-0.39, 0.29) is 5.91 Å². The first-order chi connectivity index (χ1) is 13.4. The van der Waals surface area contributed by atoms with Crippen LogP contribution in [0.5, 0.6) is 0 Å². The van der Waals surface area contributed by atoms with Gasteiger partial charge in [-0.3, -0.25) is 4.79 Å². The Morgan fingerprint density at radius 3 is 2.25 bits per heavy atom. The minimum Gasteiger partial charge on any atom is -0.336 e. The Morgan fingerprint density at radius 2 is 1.71 bits per heavy atom. The van der Waals surface area contributed by atoms with Gasteiger partial charge >= 0.3 is 0 Å². The molecule has 2 aromatic rings. The Balaban J connectivity index is 2.00. The van der Waals surface area contributed by atoms with Crippen molar-refractivity contribution < 1.29 is 4.79 Å². The van der Waals surface area contributed by atoms with Crippen LogP contribution in [0, 0.1) is 12.8 Å². The predicted octanol–water partition coefficient (Wildman–Crippen LogP) is 3.72. The van der Waals surface area contributed by atoms with Gasteiger partial charge in [0.1, 0.15) is 0 Å². The van der Waals surface area contributed by atoms with Gasteiger partial charge in [0, 0.05) is 26.2 Å². The Kier molecular flexibility index (Phi) is 6.55. The summed E-state index contributed by atoms with van der Waals surface area (Å²) in [6.07, 6.45) is 1.61. The number of carbonyl (C=O) groups is 1. The maximum absolute atomic E-state index is 13.5. The van der Waals surface area contributed by atoms with Crippen molar-refractivity contribution in [1.82, 2.24) is 19.6 Å². The second-order valence-corrected chi connectivity index (χ2v) is 8.19. The minimum atomic E-state index is 0.154. The molecule has 0 saturated carbocycles. The lowest BCUT2D eigenvalue weighted by atomic mass is 10.0. The number of aryl methyl sites for hydroxylation is 1. The van der Waals surface area contributed by atoms with E-state index in [1.54, 1.807) is 0 Å². The maximum Gasteiger partial charge on any atom is 0.257 e. The van der Waals surface area contributed by atoms with Gasteiger partial charge in [-0.1, -0.05) is 45.4 Å². The molecule has 28 heavy (non-hydrogen) atoms. The van der Waals surface area contributed by atoms with Crippen LogP contribution in [-0.4, -0.2) is 58.2 Å². The molecule has 1 aromatic carbocycles. The van der Waals surface area contributed by atoms with E-state index in [4.69, 9.17) is 5.10 Å². The molecule has 1 saturated heterocycles. The van der Waals surface area contributed by atoms with Gasteiger partial charge in [-0.25, -0.2) is 4.68 Å². The quantitative estimate of drug-likeness (QED) is 0.765. The van der Waals surface area contributed by atoms with Crippen LogP contribution < -0.4 is 0 Å². The molecule has 152 valence electrons. The number of carbonyl (C=O) groups excluding carboxylic acids is 1. The smallest absolute Gasteiger partial charge is 0.257 e. The van der Waals surface area contributed by atoms with Crippen molar-refractivity contribution in [2.75, 3.05) is 32.7 Å². The predicted molar refractivity (Wildman–Crippen MR) is 114 cm³/mol. The van der Waals surface area contributed by atoms with Crippen LogP contribution in [0.4, 0.5) is 0 Å². The summed E-state index contributed by atoms with van der Waals surface area (Å²) >= 11 is 0. The van der Waals surface area contributed by atoms with Gasteiger partial charge in [0.05, 0.1) is 22.6 Å². The van der Waals surface area contributed by atoms with Crippen LogP contribution in [0.25, 0.3) is 5.69 Å². The third-order valence-electron chi connectivity index (χ3n) is 5.59. The Bertz CT molecular complexity index is 799. The molecular formula is C23H34N4O. The SMILES string of the molecule is CCc1c(C(=O)N2CCN(CC)CC2)c(CC(C)C)nn1-c1ccc(C)cc1. The summed E-state index contributed by atoms with van der Waals surface area (Å²) in [7, 11) is 0. The van der Waals surface area contributed by atoms with Crippen LogP contribution in [0.15, 0.2) is 24.3 Å². The average Bonchev–Trinajstić information content (AvgIpc) is 3.05. The molecule has 0 radical (unpaired) electrons. The fraction of sp³-hybridized carbons (Fsp3) is 0.565. The lowest BCUT2D eigenvalue weighted by Crippen LogP contribution is -2.48. The number of amides is 1. The lowest BCUT2D eigenvalue weighted by Gasteiger charge is -2.34. The summed E-state index contributed by atoms with van der Waals surface area (Å²) in [5.74, 6) is 0.608. The van der Waals surface area contributed by atoms with Crippen LogP contribution in [0.3, 0.4) is 0 Å². The molecule has 1 fully saturated rings. The summed E-state index contributed by atoms with van der Waals surface area (Å²) in [5.41, 5.74) is 5.06. The van der Waals surface area contributed by atoms with E-state index < -0.39 is 0 Å². The molecule has 1 aliphatic rings. The molecule has 0 atom stereocenters. The summed E-state index contributed by atoms with van der Waals surface area (Å²) in [6.45, 7) is 15.3. The molecule has 1 aliphatic heterocycles. The van der Waals surface area contributed by atoms with E-state index in [1.807, 2.05) is 9.58 Å². The highest BCUT2D eigenvalue weighted by atomic mass is 16.2. The highest BCUT2D eigenvalue weighted by molar-refractivity contribution is 5.97. The number of rotatable bonds is 6. The zero-order valence-electron chi connectivity index (χ0n) is 18.0. The first kappa shape index (κ1) is 20.6. The van der Waals surface area contributed by atoms with Gasteiger partial charge < -0.3 is 9.80 Å². The van der Waals surface area contributed by atoms with Gasteiger partial charge in [0.15, 0.2) is 0 Å². The number of aromatic nitrogens is 2. The first-order valence-corrected chi connectivity index (χ1v) is 10.6. The summed E-state index contributed by atoms with van der Waals surface area (Å²) in [6, 6.07) is 8.39.